The molecule has 2 unspecified atom stereocenters. The third kappa shape index (κ3) is 2.70. The zero-order valence-electron chi connectivity index (χ0n) is 11.7. The first-order valence-electron chi connectivity index (χ1n) is 7.33. The van der Waals surface area contributed by atoms with Crippen molar-refractivity contribution in [2.75, 3.05) is 6.54 Å². The second kappa shape index (κ2) is 6.15. The molecule has 1 aromatic rings. The lowest BCUT2D eigenvalue weighted by Gasteiger charge is -2.23. The van der Waals surface area contributed by atoms with Crippen molar-refractivity contribution in [2.45, 2.75) is 43.6 Å². The maximum absolute atomic E-state index is 12.6. The molecule has 0 heterocycles. The molecule has 0 aromatic heterocycles. The van der Waals surface area contributed by atoms with Gasteiger partial charge in [-0.25, -0.2) is 0 Å². The van der Waals surface area contributed by atoms with Crippen molar-refractivity contribution in [3.63, 3.8) is 0 Å². The number of hydrogen-bond donors (Lipinski definition) is 2. The van der Waals surface area contributed by atoms with E-state index in [9.17, 15) is 4.79 Å². The number of rotatable bonds is 4. The molecule has 3 rings (SSSR count). The number of benzene rings is 1. The van der Waals surface area contributed by atoms with Gasteiger partial charge < -0.3 is 11.1 Å². The summed E-state index contributed by atoms with van der Waals surface area (Å²) in [6.07, 6.45) is 5.37. The van der Waals surface area contributed by atoms with Gasteiger partial charge in [-0.15, -0.1) is 12.4 Å². The molecule has 1 amide bonds. The summed E-state index contributed by atoms with van der Waals surface area (Å²) < 4.78 is 0. The van der Waals surface area contributed by atoms with E-state index in [0.717, 1.165) is 31.2 Å². The standard InChI is InChI=1S/C16H22N2O.ClH/c17-11-12-5-4-8-14(12)18-15(19)16(9-10-16)13-6-2-1-3-7-13;/h1-3,6-7,12,14H,4-5,8-11,17H2,(H,18,19);1H. The van der Waals surface area contributed by atoms with Gasteiger partial charge in [0, 0.05) is 6.04 Å². The summed E-state index contributed by atoms with van der Waals surface area (Å²) in [6, 6.07) is 10.5. The second-order valence-corrected chi connectivity index (χ2v) is 5.95. The Morgan fingerprint density at radius 1 is 1.25 bits per heavy atom. The van der Waals surface area contributed by atoms with Crippen LogP contribution in [0.5, 0.6) is 0 Å². The zero-order chi connectivity index (χ0) is 13.3. The number of nitrogens with one attached hydrogen (secondary N) is 1. The van der Waals surface area contributed by atoms with Crippen LogP contribution in [0.3, 0.4) is 0 Å². The van der Waals surface area contributed by atoms with Gasteiger partial charge in [-0.2, -0.15) is 0 Å². The molecule has 0 spiro atoms. The lowest BCUT2D eigenvalue weighted by Crippen LogP contribution is -2.44. The normalized spacial score (nSPS) is 26.6. The minimum Gasteiger partial charge on any atom is -0.352 e. The van der Waals surface area contributed by atoms with Gasteiger partial charge >= 0.3 is 0 Å². The molecule has 2 aliphatic rings. The van der Waals surface area contributed by atoms with Crippen LogP contribution in [-0.2, 0) is 10.2 Å². The Labute approximate surface area is 126 Å². The minimum atomic E-state index is -0.247. The van der Waals surface area contributed by atoms with Crippen LogP contribution < -0.4 is 11.1 Å². The van der Waals surface area contributed by atoms with E-state index in [2.05, 4.69) is 17.4 Å². The molecule has 0 radical (unpaired) electrons. The largest absolute Gasteiger partial charge is 0.352 e. The number of carbonyl (C=O) groups excluding carboxylic acids is 1. The van der Waals surface area contributed by atoms with Crippen LogP contribution in [0.4, 0.5) is 0 Å². The Kier molecular flexibility index (Phi) is 4.71. The fourth-order valence-corrected chi connectivity index (χ4v) is 3.34. The SMILES string of the molecule is Cl.NCC1CCCC1NC(=O)C1(c2ccccc2)CC1. The molecule has 0 saturated heterocycles. The van der Waals surface area contributed by atoms with Crippen LogP contribution >= 0.6 is 12.4 Å². The topological polar surface area (TPSA) is 55.1 Å². The van der Waals surface area contributed by atoms with E-state index in [1.165, 1.54) is 6.42 Å². The summed E-state index contributed by atoms with van der Waals surface area (Å²) in [7, 11) is 0. The third-order valence-corrected chi connectivity index (χ3v) is 4.79. The number of nitrogens with two attached hydrogens (primary N) is 1. The van der Waals surface area contributed by atoms with Crippen molar-refractivity contribution in [1.29, 1.82) is 0 Å². The van der Waals surface area contributed by atoms with Crippen molar-refractivity contribution in [3.8, 4) is 0 Å². The number of hydrogen-bond acceptors (Lipinski definition) is 2. The van der Waals surface area contributed by atoms with Crippen LogP contribution in [-0.4, -0.2) is 18.5 Å². The van der Waals surface area contributed by atoms with Gasteiger partial charge in [-0.1, -0.05) is 36.8 Å². The highest BCUT2D eigenvalue weighted by atomic mass is 35.5. The molecule has 4 heteroatoms. The highest BCUT2D eigenvalue weighted by Gasteiger charge is 2.51. The predicted molar refractivity (Wildman–Crippen MR) is 82.9 cm³/mol. The monoisotopic (exact) mass is 294 g/mol. The Bertz CT molecular complexity index is 459. The molecule has 110 valence electrons. The molecule has 2 saturated carbocycles. The summed E-state index contributed by atoms with van der Waals surface area (Å²) >= 11 is 0. The van der Waals surface area contributed by atoms with Crippen LogP contribution in [0.15, 0.2) is 30.3 Å². The fraction of sp³-hybridized carbons (Fsp3) is 0.562. The number of amides is 1. The van der Waals surface area contributed by atoms with Crippen molar-refractivity contribution in [1.82, 2.24) is 5.32 Å². The molecular formula is C16H23ClN2O. The summed E-state index contributed by atoms with van der Waals surface area (Å²) in [5.74, 6) is 0.680. The molecule has 20 heavy (non-hydrogen) atoms. The van der Waals surface area contributed by atoms with Gasteiger partial charge in [0.1, 0.15) is 0 Å². The molecular weight excluding hydrogens is 272 g/mol. The molecule has 2 fully saturated rings. The van der Waals surface area contributed by atoms with Crippen molar-refractivity contribution in [3.05, 3.63) is 35.9 Å². The molecule has 0 bridgehead atoms. The molecule has 3 nitrogen and oxygen atoms in total. The first-order valence-corrected chi connectivity index (χ1v) is 7.33. The Balaban J connectivity index is 0.00000147. The second-order valence-electron chi connectivity index (χ2n) is 5.95. The minimum absolute atomic E-state index is 0. The number of halogens is 1. The maximum Gasteiger partial charge on any atom is 0.230 e. The van der Waals surface area contributed by atoms with Crippen LogP contribution in [0, 0.1) is 5.92 Å². The van der Waals surface area contributed by atoms with Crippen molar-refractivity contribution < 1.29 is 4.79 Å². The van der Waals surface area contributed by atoms with Crippen LogP contribution in [0.25, 0.3) is 0 Å². The molecule has 0 aliphatic heterocycles. The Morgan fingerprint density at radius 3 is 2.55 bits per heavy atom. The zero-order valence-corrected chi connectivity index (χ0v) is 12.5. The smallest absolute Gasteiger partial charge is 0.230 e. The maximum atomic E-state index is 12.6. The molecule has 2 aliphatic carbocycles. The Morgan fingerprint density at radius 2 is 1.95 bits per heavy atom. The molecule has 3 N–H and O–H groups in total. The van der Waals surface area contributed by atoms with Gasteiger partial charge in [0.25, 0.3) is 0 Å². The van der Waals surface area contributed by atoms with E-state index < -0.39 is 0 Å². The van der Waals surface area contributed by atoms with Gasteiger partial charge in [-0.3, -0.25) is 4.79 Å². The number of carbonyl (C=O) groups is 1. The van der Waals surface area contributed by atoms with Gasteiger partial charge in [-0.05, 0) is 43.7 Å². The highest BCUT2D eigenvalue weighted by Crippen LogP contribution is 2.48. The average Bonchev–Trinajstić information content (AvgIpc) is 3.15. The van der Waals surface area contributed by atoms with E-state index in [-0.39, 0.29) is 23.7 Å². The van der Waals surface area contributed by atoms with Gasteiger partial charge in [0.05, 0.1) is 5.41 Å². The lowest BCUT2D eigenvalue weighted by molar-refractivity contribution is -0.124. The first-order chi connectivity index (χ1) is 9.26. The predicted octanol–water partition coefficient (Wildman–Crippen LogP) is 2.38. The lowest BCUT2D eigenvalue weighted by atomic mass is 9.94. The third-order valence-electron chi connectivity index (χ3n) is 4.79. The van der Waals surface area contributed by atoms with E-state index in [1.807, 2.05) is 18.2 Å². The van der Waals surface area contributed by atoms with E-state index in [1.54, 1.807) is 0 Å². The van der Waals surface area contributed by atoms with Crippen molar-refractivity contribution >= 4 is 18.3 Å². The highest BCUT2D eigenvalue weighted by molar-refractivity contribution is 5.91. The quantitative estimate of drug-likeness (QED) is 0.896. The first kappa shape index (κ1) is 15.3. The van der Waals surface area contributed by atoms with E-state index in [4.69, 9.17) is 5.73 Å². The Hall–Kier alpha value is -1.06. The van der Waals surface area contributed by atoms with Crippen LogP contribution in [0.1, 0.15) is 37.7 Å². The summed E-state index contributed by atoms with van der Waals surface area (Å²) in [4.78, 5) is 12.6. The van der Waals surface area contributed by atoms with Crippen LogP contribution in [0.2, 0.25) is 0 Å². The van der Waals surface area contributed by atoms with Gasteiger partial charge in [0.15, 0.2) is 0 Å². The summed E-state index contributed by atoms with van der Waals surface area (Å²) in [5, 5.41) is 3.26. The summed E-state index contributed by atoms with van der Waals surface area (Å²) in [6.45, 7) is 0.684. The summed E-state index contributed by atoms with van der Waals surface area (Å²) in [5.41, 5.74) is 6.70. The average molecular weight is 295 g/mol. The van der Waals surface area contributed by atoms with Crippen molar-refractivity contribution in [2.24, 2.45) is 11.7 Å². The van der Waals surface area contributed by atoms with Gasteiger partial charge in [0.2, 0.25) is 5.91 Å². The molecule has 2 atom stereocenters. The molecule has 1 aromatic carbocycles. The van der Waals surface area contributed by atoms with E-state index in [0.29, 0.717) is 18.5 Å². The fourth-order valence-electron chi connectivity index (χ4n) is 3.34. The van der Waals surface area contributed by atoms with E-state index >= 15 is 0 Å².